The molecule has 1 unspecified atom stereocenters. The maximum absolute atomic E-state index is 11.2. The van der Waals surface area contributed by atoms with E-state index in [9.17, 15) is 9.59 Å². The first kappa shape index (κ1) is 13.0. The Bertz CT molecular complexity index is 374. The number of hydrogen-bond acceptors (Lipinski definition) is 4. The maximum atomic E-state index is 11.2. The van der Waals surface area contributed by atoms with E-state index in [2.05, 4.69) is 0 Å². The van der Waals surface area contributed by atoms with Crippen LogP contribution in [0.25, 0.3) is 0 Å². The predicted molar refractivity (Wildman–Crippen MR) is 59.5 cm³/mol. The van der Waals surface area contributed by atoms with E-state index < -0.39 is 18.2 Å². The normalized spacial score (nSPS) is 11.6. The Morgan fingerprint density at radius 1 is 1.24 bits per heavy atom. The summed E-state index contributed by atoms with van der Waals surface area (Å²) in [6.45, 7) is 1.58. The number of carbonyl (C=O) groups is 2. The molecule has 0 aromatic heterocycles. The lowest BCUT2D eigenvalue weighted by Gasteiger charge is -2.14. The van der Waals surface area contributed by atoms with Crippen molar-refractivity contribution in [2.75, 3.05) is 0 Å². The van der Waals surface area contributed by atoms with Crippen LogP contribution in [0.15, 0.2) is 30.3 Å². The fourth-order valence-electron chi connectivity index (χ4n) is 1.17. The fraction of sp³-hybridized carbons (Fsp3) is 0.333. The van der Waals surface area contributed by atoms with Crippen LogP contribution in [0.4, 0.5) is 0 Å². The molecule has 0 saturated carbocycles. The number of benzene rings is 1. The van der Waals surface area contributed by atoms with Gasteiger partial charge >= 0.3 is 11.9 Å². The van der Waals surface area contributed by atoms with Gasteiger partial charge in [-0.2, -0.15) is 0 Å². The Morgan fingerprint density at radius 3 is 2.47 bits per heavy atom. The minimum atomic E-state index is -1.03. The van der Waals surface area contributed by atoms with Crippen LogP contribution in [0.2, 0.25) is 0 Å². The van der Waals surface area contributed by atoms with Crippen molar-refractivity contribution in [3.05, 3.63) is 30.3 Å². The molecule has 5 heteroatoms. The molecule has 0 radical (unpaired) electrons. The molecule has 17 heavy (non-hydrogen) atoms. The van der Waals surface area contributed by atoms with Gasteiger partial charge in [-0.1, -0.05) is 18.2 Å². The summed E-state index contributed by atoms with van der Waals surface area (Å²) in [6, 6.07) is 8.92. The molecule has 0 aliphatic rings. The summed E-state index contributed by atoms with van der Waals surface area (Å²) in [5, 5.41) is 8.39. The lowest BCUT2D eigenvalue weighted by atomic mass is 10.3. The molecular formula is C12H14O5. The molecule has 0 saturated heterocycles. The molecule has 92 valence electrons. The van der Waals surface area contributed by atoms with Crippen molar-refractivity contribution in [2.45, 2.75) is 26.1 Å². The molecule has 1 atom stereocenters. The number of hydrogen-bond donors (Lipinski definition) is 1. The van der Waals surface area contributed by atoms with E-state index in [1.54, 1.807) is 31.2 Å². The number of esters is 1. The van der Waals surface area contributed by atoms with Crippen LogP contribution in [0.1, 0.15) is 19.8 Å². The molecule has 1 N–H and O–H groups in total. The highest BCUT2D eigenvalue weighted by Crippen LogP contribution is 2.11. The van der Waals surface area contributed by atoms with Gasteiger partial charge in [0.1, 0.15) is 5.75 Å². The summed E-state index contributed by atoms with van der Waals surface area (Å²) < 4.78 is 10.2. The summed E-state index contributed by atoms with van der Waals surface area (Å²) in [4.78, 5) is 21.4. The highest BCUT2D eigenvalue weighted by molar-refractivity contribution is 5.76. The minimum absolute atomic E-state index is 0.155. The number of ether oxygens (including phenoxy) is 2. The second-order valence-corrected chi connectivity index (χ2v) is 3.38. The Morgan fingerprint density at radius 2 is 1.88 bits per heavy atom. The molecule has 0 heterocycles. The molecular weight excluding hydrogens is 224 g/mol. The third-order valence-corrected chi connectivity index (χ3v) is 1.89. The minimum Gasteiger partial charge on any atom is -0.481 e. The molecule has 5 nitrogen and oxygen atoms in total. The zero-order valence-electron chi connectivity index (χ0n) is 9.46. The van der Waals surface area contributed by atoms with Crippen LogP contribution >= 0.6 is 0 Å². The lowest BCUT2D eigenvalue weighted by molar-refractivity contribution is -0.163. The van der Waals surface area contributed by atoms with Gasteiger partial charge in [-0.3, -0.25) is 9.59 Å². The van der Waals surface area contributed by atoms with E-state index in [0.717, 1.165) is 0 Å². The third kappa shape index (κ3) is 5.55. The first-order chi connectivity index (χ1) is 8.08. The van der Waals surface area contributed by atoms with Crippen LogP contribution in [-0.4, -0.2) is 23.3 Å². The van der Waals surface area contributed by atoms with Crippen molar-refractivity contribution in [3.63, 3.8) is 0 Å². The highest BCUT2D eigenvalue weighted by atomic mass is 16.7. The number of aliphatic carboxylic acids is 1. The molecule has 0 spiro atoms. The van der Waals surface area contributed by atoms with Crippen molar-refractivity contribution in [2.24, 2.45) is 0 Å². The van der Waals surface area contributed by atoms with E-state index >= 15 is 0 Å². The summed E-state index contributed by atoms with van der Waals surface area (Å²) in [7, 11) is 0. The largest absolute Gasteiger partial charge is 0.481 e. The molecule has 1 rings (SSSR count). The second kappa shape index (κ2) is 6.52. The van der Waals surface area contributed by atoms with Crippen LogP contribution < -0.4 is 4.74 Å². The fourth-order valence-corrected chi connectivity index (χ4v) is 1.17. The molecule has 0 fully saturated rings. The molecule has 0 aliphatic carbocycles. The first-order valence-electron chi connectivity index (χ1n) is 5.21. The molecule has 0 amide bonds. The van der Waals surface area contributed by atoms with Gasteiger partial charge in [0.15, 0.2) is 0 Å². The number of carbonyl (C=O) groups excluding carboxylic acids is 1. The Labute approximate surface area is 99.0 Å². The van der Waals surface area contributed by atoms with Gasteiger partial charge < -0.3 is 14.6 Å². The van der Waals surface area contributed by atoms with E-state index in [-0.39, 0.29) is 12.8 Å². The lowest BCUT2D eigenvalue weighted by Crippen LogP contribution is -2.21. The monoisotopic (exact) mass is 238 g/mol. The van der Waals surface area contributed by atoms with Gasteiger partial charge in [0.05, 0.1) is 12.8 Å². The van der Waals surface area contributed by atoms with Gasteiger partial charge in [0, 0.05) is 6.92 Å². The van der Waals surface area contributed by atoms with Gasteiger partial charge in [-0.05, 0) is 12.1 Å². The van der Waals surface area contributed by atoms with Crippen LogP contribution in [0, 0.1) is 0 Å². The van der Waals surface area contributed by atoms with Gasteiger partial charge in [0.2, 0.25) is 6.29 Å². The number of carboxylic acids is 1. The molecule has 0 aliphatic heterocycles. The smallest absolute Gasteiger partial charge is 0.309 e. The average molecular weight is 238 g/mol. The van der Waals surface area contributed by atoms with Crippen molar-refractivity contribution >= 4 is 11.9 Å². The summed E-state index contributed by atoms with van der Waals surface area (Å²) >= 11 is 0. The van der Waals surface area contributed by atoms with Crippen molar-refractivity contribution in [3.8, 4) is 5.75 Å². The second-order valence-electron chi connectivity index (χ2n) is 3.38. The highest BCUT2D eigenvalue weighted by Gasteiger charge is 2.12. The Balaban J connectivity index is 2.32. The summed E-state index contributed by atoms with van der Waals surface area (Å²) in [5.41, 5.74) is 0. The number of para-hydroxylation sites is 1. The molecule has 1 aromatic rings. The van der Waals surface area contributed by atoms with Crippen LogP contribution in [0.5, 0.6) is 5.75 Å². The average Bonchev–Trinajstić information content (AvgIpc) is 2.27. The SMILES string of the molecule is CC(OC(=O)CCC(=O)O)Oc1ccccc1. The quantitative estimate of drug-likeness (QED) is 0.604. The standard InChI is InChI=1S/C12H14O5/c1-9(16-10-5-3-2-4-6-10)17-12(15)8-7-11(13)14/h2-6,9H,7-8H2,1H3,(H,13,14). The van der Waals surface area contributed by atoms with E-state index in [4.69, 9.17) is 14.6 Å². The van der Waals surface area contributed by atoms with E-state index in [1.807, 2.05) is 6.07 Å². The van der Waals surface area contributed by atoms with Crippen molar-refractivity contribution in [1.29, 1.82) is 0 Å². The van der Waals surface area contributed by atoms with Crippen LogP contribution in [0.3, 0.4) is 0 Å². The molecule has 1 aromatic carbocycles. The summed E-state index contributed by atoms with van der Waals surface area (Å²) in [6.07, 6.45) is -1.13. The number of carboxylic acid groups (broad SMARTS) is 1. The third-order valence-electron chi connectivity index (χ3n) is 1.89. The zero-order chi connectivity index (χ0) is 12.7. The van der Waals surface area contributed by atoms with E-state index in [0.29, 0.717) is 5.75 Å². The van der Waals surface area contributed by atoms with Crippen LogP contribution in [-0.2, 0) is 14.3 Å². The predicted octanol–water partition coefficient (Wildman–Crippen LogP) is 1.82. The number of rotatable bonds is 6. The maximum Gasteiger partial charge on any atom is 0.309 e. The zero-order valence-corrected chi connectivity index (χ0v) is 9.46. The Kier molecular flexibility index (Phi) is 5.00. The van der Waals surface area contributed by atoms with Gasteiger partial charge in [-0.25, -0.2) is 0 Å². The summed E-state index contributed by atoms with van der Waals surface area (Å²) in [5.74, 6) is -1.03. The van der Waals surface area contributed by atoms with Crippen molar-refractivity contribution < 1.29 is 24.2 Å². The topological polar surface area (TPSA) is 72.8 Å². The van der Waals surface area contributed by atoms with Crippen molar-refractivity contribution in [1.82, 2.24) is 0 Å². The Hall–Kier alpha value is -2.04. The molecule has 0 bridgehead atoms. The van der Waals surface area contributed by atoms with Gasteiger partial charge in [0.25, 0.3) is 0 Å². The van der Waals surface area contributed by atoms with Gasteiger partial charge in [-0.15, -0.1) is 0 Å². The first-order valence-corrected chi connectivity index (χ1v) is 5.21. The van der Waals surface area contributed by atoms with E-state index in [1.165, 1.54) is 0 Å².